The largest absolute Gasteiger partial charge is 0.337 e. The van der Waals surface area contributed by atoms with Crippen LogP contribution >= 0.6 is 0 Å². The third-order valence-corrected chi connectivity index (χ3v) is 4.84. The highest BCUT2D eigenvalue weighted by Crippen LogP contribution is 2.13. The third kappa shape index (κ3) is 4.88. The summed E-state index contributed by atoms with van der Waals surface area (Å²) in [5, 5.41) is 0. The van der Waals surface area contributed by atoms with Crippen molar-refractivity contribution in [1.29, 1.82) is 0 Å². The van der Waals surface area contributed by atoms with Gasteiger partial charge in [-0.05, 0) is 37.5 Å². The summed E-state index contributed by atoms with van der Waals surface area (Å²) in [5.74, 6) is 0.144. The first-order chi connectivity index (χ1) is 12.7. The molecule has 0 atom stereocenters. The van der Waals surface area contributed by atoms with Gasteiger partial charge in [0.05, 0.1) is 11.4 Å². The highest BCUT2D eigenvalue weighted by atomic mass is 16.2. The predicted octanol–water partition coefficient (Wildman–Crippen LogP) is 3.09. The Morgan fingerprint density at radius 2 is 1.85 bits per heavy atom. The van der Waals surface area contributed by atoms with E-state index in [0.717, 1.165) is 68.9 Å². The number of carbonyl (C=O) groups is 1. The van der Waals surface area contributed by atoms with E-state index < -0.39 is 0 Å². The summed E-state index contributed by atoms with van der Waals surface area (Å²) >= 11 is 0. The van der Waals surface area contributed by atoms with Crippen LogP contribution in [0.1, 0.15) is 47.1 Å². The molecule has 1 saturated heterocycles. The smallest absolute Gasteiger partial charge is 0.253 e. The van der Waals surface area contributed by atoms with Gasteiger partial charge in [-0.2, -0.15) is 0 Å². The van der Waals surface area contributed by atoms with Crippen molar-refractivity contribution < 1.29 is 4.79 Å². The maximum Gasteiger partial charge on any atom is 0.253 e. The van der Waals surface area contributed by atoms with E-state index >= 15 is 0 Å². The molecular weight excluding hydrogens is 324 g/mol. The lowest BCUT2D eigenvalue weighted by Crippen LogP contribution is -2.35. The summed E-state index contributed by atoms with van der Waals surface area (Å²) < 4.78 is 0. The molecule has 0 N–H and O–H groups in total. The van der Waals surface area contributed by atoms with E-state index in [0.29, 0.717) is 0 Å². The van der Waals surface area contributed by atoms with E-state index in [2.05, 4.69) is 33.9 Å². The Balaban J connectivity index is 1.57. The number of amides is 1. The standard InChI is InChI=1S/C21H28N4O/c1-3-5-18-6-8-19(9-7-18)21(26)25-11-4-10-24(12-13-25)16-20-15-22-17(2)14-23-20/h6-9,14-15H,3-5,10-13,16H2,1-2H3. The topological polar surface area (TPSA) is 49.3 Å². The highest BCUT2D eigenvalue weighted by Gasteiger charge is 2.20. The van der Waals surface area contributed by atoms with Crippen LogP contribution in [-0.2, 0) is 13.0 Å². The van der Waals surface area contributed by atoms with Crippen LogP contribution in [0, 0.1) is 6.92 Å². The fraction of sp³-hybridized carbons (Fsp3) is 0.476. The van der Waals surface area contributed by atoms with Crippen molar-refractivity contribution in [1.82, 2.24) is 19.8 Å². The minimum absolute atomic E-state index is 0.144. The van der Waals surface area contributed by atoms with Crippen molar-refractivity contribution in [2.75, 3.05) is 26.2 Å². The second-order valence-corrected chi connectivity index (χ2v) is 7.02. The van der Waals surface area contributed by atoms with Crippen LogP contribution in [0.3, 0.4) is 0 Å². The van der Waals surface area contributed by atoms with Crippen molar-refractivity contribution >= 4 is 5.91 Å². The van der Waals surface area contributed by atoms with Gasteiger partial charge >= 0.3 is 0 Å². The average molecular weight is 352 g/mol. The Morgan fingerprint density at radius 1 is 1.04 bits per heavy atom. The van der Waals surface area contributed by atoms with Crippen molar-refractivity contribution in [2.45, 2.75) is 39.7 Å². The van der Waals surface area contributed by atoms with E-state index in [1.54, 1.807) is 0 Å². The minimum atomic E-state index is 0.144. The van der Waals surface area contributed by atoms with Crippen LogP contribution in [0.2, 0.25) is 0 Å². The number of aryl methyl sites for hydroxylation is 2. The molecule has 0 bridgehead atoms. The fourth-order valence-corrected chi connectivity index (χ4v) is 3.35. The van der Waals surface area contributed by atoms with Crippen molar-refractivity contribution in [2.24, 2.45) is 0 Å². The number of benzene rings is 1. The van der Waals surface area contributed by atoms with Crippen LogP contribution < -0.4 is 0 Å². The van der Waals surface area contributed by atoms with Gasteiger partial charge in [0.2, 0.25) is 0 Å². The van der Waals surface area contributed by atoms with Crippen LogP contribution in [0.5, 0.6) is 0 Å². The monoisotopic (exact) mass is 352 g/mol. The lowest BCUT2D eigenvalue weighted by Gasteiger charge is -2.22. The van der Waals surface area contributed by atoms with E-state index in [9.17, 15) is 4.79 Å². The Bertz CT molecular complexity index is 712. The fourth-order valence-electron chi connectivity index (χ4n) is 3.35. The summed E-state index contributed by atoms with van der Waals surface area (Å²) in [6, 6.07) is 8.10. The summed E-state index contributed by atoms with van der Waals surface area (Å²) in [7, 11) is 0. The van der Waals surface area contributed by atoms with E-state index in [1.807, 2.05) is 36.4 Å². The maximum absolute atomic E-state index is 12.8. The zero-order chi connectivity index (χ0) is 18.4. The van der Waals surface area contributed by atoms with Crippen LogP contribution in [0.15, 0.2) is 36.7 Å². The Labute approximate surface area is 156 Å². The molecule has 0 radical (unpaired) electrons. The quantitative estimate of drug-likeness (QED) is 0.830. The molecule has 0 saturated carbocycles. The number of aromatic nitrogens is 2. The molecule has 5 nitrogen and oxygen atoms in total. The molecule has 138 valence electrons. The first-order valence-electron chi connectivity index (χ1n) is 9.54. The summed E-state index contributed by atoms with van der Waals surface area (Å²) in [6.45, 7) is 8.33. The van der Waals surface area contributed by atoms with Crippen molar-refractivity contribution in [3.63, 3.8) is 0 Å². The first kappa shape index (κ1) is 18.5. The van der Waals surface area contributed by atoms with Gasteiger partial charge in [0.1, 0.15) is 0 Å². The molecule has 1 aliphatic heterocycles. The number of carbonyl (C=O) groups excluding carboxylic acids is 1. The van der Waals surface area contributed by atoms with Crippen LogP contribution in [-0.4, -0.2) is 51.9 Å². The maximum atomic E-state index is 12.8. The lowest BCUT2D eigenvalue weighted by atomic mass is 10.1. The molecular formula is C21H28N4O. The summed E-state index contributed by atoms with van der Waals surface area (Å²) in [6.07, 6.45) is 6.83. The van der Waals surface area contributed by atoms with Gasteiger partial charge < -0.3 is 4.90 Å². The van der Waals surface area contributed by atoms with Gasteiger partial charge in [-0.3, -0.25) is 19.7 Å². The summed E-state index contributed by atoms with van der Waals surface area (Å²) in [4.78, 5) is 25.9. The molecule has 2 aromatic rings. The van der Waals surface area contributed by atoms with Gasteiger partial charge in [-0.15, -0.1) is 0 Å². The zero-order valence-corrected chi connectivity index (χ0v) is 15.8. The Kier molecular flexibility index (Phi) is 6.34. The summed E-state index contributed by atoms with van der Waals surface area (Å²) in [5.41, 5.74) is 4.02. The second-order valence-electron chi connectivity index (χ2n) is 7.02. The molecule has 1 aliphatic rings. The molecule has 1 aromatic carbocycles. The number of rotatable bonds is 5. The molecule has 0 aliphatic carbocycles. The Morgan fingerprint density at radius 3 is 2.54 bits per heavy atom. The van der Waals surface area contributed by atoms with Crippen molar-refractivity contribution in [3.05, 3.63) is 59.2 Å². The Hall–Kier alpha value is -2.27. The molecule has 0 unspecified atom stereocenters. The SMILES string of the molecule is CCCc1ccc(C(=O)N2CCCN(Cc3cnc(C)cn3)CC2)cc1. The van der Waals surface area contributed by atoms with Gasteiger partial charge in [0.15, 0.2) is 0 Å². The van der Waals surface area contributed by atoms with Gasteiger partial charge in [0, 0.05) is 50.7 Å². The second kappa shape index (κ2) is 8.90. The number of nitrogens with zero attached hydrogens (tertiary/aromatic N) is 4. The van der Waals surface area contributed by atoms with E-state index in [4.69, 9.17) is 0 Å². The van der Waals surface area contributed by atoms with Gasteiger partial charge in [-0.1, -0.05) is 25.5 Å². The van der Waals surface area contributed by atoms with Crippen LogP contribution in [0.4, 0.5) is 0 Å². The zero-order valence-electron chi connectivity index (χ0n) is 15.8. The molecule has 26 heavy (non-hydrogen) atoms. The predicted molar refractivity (Wildman–Crippen MR) is 103 cm³/mol. The molecule has 2 heterocycles. The van der Waals surface area contributed by atoms with Crippen LogP contribution in [0.25, 0.3) is 0 Å². The van der Waals surface area contributed by atoms with E-state index in [1.165, 1.54) is 5.56 Å². The molecule has 5 heteroatoms. The number of hydrogen-bond acceptors (Lipinski definition) is 4. The van der Waals surface area contributed by atoms with Gasteiger partial charge in [0.25, 0.3) is 5.91 Å². The molecule has 1 aromatic heterocycles. The van der Waals surface area contributed by atoms with E-state index in [-0.39, 0.29) is 5.91 Å². The first-order valence-corrected chi connectivity index (χ1v) is 9.54. The van der Waals surface area contributed by atoms with Crippen molar-refractivity contribution in [3.8, 4) is 0 Å². The minimum Gasteiger partial charge on any atom is -0.337 e. The number of hydrogen-bond donors (Lipinski definition) is 0. The molecule has 1 amide bonds. The highest BCUT2D eigenvalue weighted by molar-refractivity contribution is 5.94. The molecule has 3 rings (SSSR count). The molecule has 0 spiro atoms. The average Bonchev–Trinajstić information content (AvgIpc) is 2.90. The third-order valence-electron chi connectivity index (χ3n) is 4.84. The van der Waals surface area contributed by atoms with Gasteiger partial charge in [-0.25, -0.2) is 0 Å². The molecule has 1 fully saturated rings. The lowest BCUT2D eigenvalue weighted by molar-refractivity contribution is 0.0761. The normalized spacial score (nSPS) is 15.7.